The molecule has 14 heavy (non-hydrogen) atoms. The van der Waals surface area contributed by atoms with Crippen LogP contribution in [-0.4, -0.2) is 0 Å². The van der Waals surface area contributed by atoms with Crippen LogP contribution in [0.5, 0.6) is 0 Å². The van der Waals surface area contributed by atoms with Gasteiger partial charge in [0.1, 0.15) is 7.05 Å². The first kappa shape index (κ1) is 10.5. The molecule has 0 fully saturated rings. The van der Waals surface area contributed by atoms with Crippen molar-refractivity contribution in [1.29, 1.82) is 0 Å². The molecule has 2 rings (SSSR count). The Morgan fingerprint density at radius 3 is 1.57 bits per heavy atom. The van der Waals surface area contributed by atoms with E-state index in [1.165, 1.54) is 5.56 Å². The highest BCUT2D eigenvalue weighted by Gasteiger charge is 1.78. The van der Waals surface area contributed by atoms with Crippen LogP contribution in [0, 0.1) is 6.92 Å². The van der Waals surface area contributed by atoms with E-state index in [1.54, 1.807) is 0 Å². The van der Waals surface area contributed by atoms with Gasteiger partial charge in [-0.05, 0) is 6.92 Å². The second-order valence-corrected chi connectivity index (χ2v) is 3.20. The summed E-state index contributed by atoms with van der Waals surface area (Å²) in [5.74, 6) is 0. The molecular weight excluding hydrogens is 170 g/mol. The zero-order valence-electron chi connectivity index (χ0n) is 8.72. The number of rotatable bonds is 0. The third-order valence-corrected chi connectivity index (χ3v) is 1.81. The average molecular weight is 186 g/mol. The fourth-order valence-corrected chi connectivity index (χ4v) is 1.02. The van der Waals surface area contributed by atoms with Crippen LogP contribution in [0.2, 0.25) is 0 Å². The maximum atomic E-state index is 2.08. The molecule has 0 unspecified atom stereocenters. The minimum atomic E-state index is 1.32. The molecule has 1 nitrogen and oxygen atoms in total. The molecule has 0 aliphatic carbocycles. The summed E-state index contributed by atoms with van der Waals surface area (Å²) >= 11 is 0. The van der Waals surface area contributed by atoms with Crippen molar-refractivity contribution >= 4 is 0 Å². The topological polar surface area (TPSA) is 3.88 Å². The van der Waals surface area contributed by atoms with Crippen molar-refractivity contribution in [2.45, 2.75) is 6.92 Å². The fourth-order valence-electron chi connectivity index (χ4n) is 1.02. The van der Waals surface area contributed by atoms with Crippen molar-refractivity contribution in [2.75, 3.05) is 0 Å². The Bertz CT molecular complexity index is 303. The quantitative estimate of drug-likeness (QED) is 0.557. The molecule has 0 N–H and O–H groups in total. The zero-order valence-corrected chi connectivity index (χ0v) is 8.72. The van der Waals surface area contributed by atoms with Crippen molar-refractivity contribution in [3.05, 3.63) is 66.5 Å². The third-order valence-electron chi connectivity index (χ3n) is 1.81. The van der Waals surface area contributed by atoms with Crippen LogP contribution in [0.4, 0.5) is 0 Å². The molecule has 72 valence electrons. The molecule has 2 aromatic rings. The summed E-state index contributed by atoms with van der Waals surface area (Å²) in [5, 5.41) is 0. The molecule has 1 heteroatoms. The smallest absolute Gasteiger partial charge is 0.168 e. The van der Waals surface area contributed by atoms with Crippen molar-refractivity contribution in [1.82, 2.24) is 0 Å². The van der Waals surface area contributed by atoms with Crippen molar-refractivity contribution in [3.8, 4) is 0 Å². The van der Waals surface area contributed by atoms with Gasteiger partial charge in [-0.1, -0.05) is 42.0 Å². The van der Waals surface area contributed by atoms with E-state index in [0.29, 0.717) is 0 Å². The summed E-state index contributed by atoms with van der Waals surface area (Å²) in [5.41, 5.74) is 1.32. The summed E-state index contributed by atoms with van der Waals surface area (Å²) in [4.78, 5) is 0. The van der Waals surface area contributed by atoms with Crippen LogP contribution >= 0.6 is 0 Å². The fraction of sp³-hybridized carbons (Fsp3) is 0.154. The Kier molecular flexibility index (Phi) is 4.42. The molecule has 0 spiro atoms. The van der Waals surface area contributed by atoms with E-state index in [9.17, 15) is 0 Å². The predicted octanol–water partition coefficient (Wildman–Crippen LogP) is 2.51. The highest BCUT2D eigenvalue weighted by Crippen LogP contribution is 1.92. The highest BCUT2D eigenvalue weighted by atomic mass is 14.9. The number of hydrogen-bond donors (Lipinski definition) is 0. The molecule has 0 saturated heterocycles. The number of pyridine rings is 1. The highest BCUT2D eigenvalue weighted by molar-refractivity contribution is 5.11. The first-order chi connectivity index (χ1) is 6.79. The lowest BCUT2D eigenvalue weighted by Crippen LogP contribution is -2.25. The summed E-state index contributed by atoms with van der Waals surface area (Å²) in [6.07, 6.45) is 4.00. The monoisotopic (exact) mass is 186 g/mol. The Hall–Kier alpha value is -1.63. The van der Waals surface area contributed by atoms with Crippen molar-refractivity contribution in [2.24, 2.45) is 7.05 Å². The molecule has 0 saturated carbocycles. The lowest BCUT2D eigenvalue weighted by atomic mass is 10.2. The van der Waals surface area contributed by atoms with Crippen LogP contribution in [0.25, 0.3) is 0 Å². The van der Waals surface area contributed by atoms with Gasteiger partial charge in [0, 0.05) is 12.1 Å². The SMILES string of the molecule is C[n+]1ccccc1.Cc1ccccc1. The first-order valence-electron chi connectivity index (χ1n) is 4.71. The van der Waals surface area contributed by atoms with Gasteiger partial charge in [-0.3, -0.25) is 0 Å². The molecule has 0 amide bonds. The maximum absolute atomic E-state index is 2.08. The molecule has 0 aliphatic heterocycles. The van der Waals surface area contributed by atoms with Gasteiger partial charge in [0.15, 0.2) is 12.4 Å². The zero-order chi connectivity index (χ0) is 10.2. The summed E-state index contributed by atoms with van der Waals surface area (Å²) in [6.45, 7) is 2.08. The van der Waals surface area contributed by atoms with Crippen molar-refractivity contribution in [3.63, 3.8) is 0 Å². The summed E-state index contributed by atoms with van der Waals surface area (Å²) in [6, 6.07) is 16.3. The molecular formula is C13H16N+. The van der Waals surface area contributed by atoms with Gasteiger partial charge in [0.2, 0.25) is 0 Å². The summed E-state index contributed by atoms with van der Waals surface area (Å²) in [7, 11) is 2.00. The molecule has 1 aromatic heterocycles. The second kappa shape index (κ2) is 5.92. The van der Waals surface area contributed by atoms with E-state index in [2.05, 4.69) is 19.1 Å². The van der Waals surface area contributed by atoms with Gasteiger partial charge in [-0.15, -0.1) is 0 Å². The normalized spacial score (nSPS) is 8.71. The number of nitrogens with zero attached hydrogens (tertiary/aromatic N) is 1. The number of benzene rings is 1. The Morgan fingerprint density at radius 1 is 0.786 bits per heavy atom. The second-order valence-electron chi connectivity index (χ2n) is 3.20. The first-order valence-corrected chi connectivity index (χ1v) is 4.71. The van der Waals surface area contributed by atoms with Gasteiger partial charge in [-0.25, -0.2) is 4.57 Å². The lowest BCUT2D eigenvalue weighted by Gasteiger charge is -1.82. The molecule has 1 aromatic carbocycles. The van der Waals surface area contributed by atoms with Gasteiger partial charge in [0.05, 0.1) is 0 Å². The molecule has 0 atom stereocenters. The molecule has 0 bridgehead atoms. The largest absolute Gasteiger partial charge is 0.208 e. The number of hydrogen-bond acceptors (Lipinski definition) is 0. The molecule has 0 radical (unpaired) electrons. The molecule has 1 heterocycles. The Labute approximate surface area is 85.7 Å². The van der Waals surface area contributed by atoms with E-state index in [-0.39, 0.29) is 0 Å². The molecule has 0 aliphatic rings. The van der Waals surface area contributed by atoms with E-state index in [4.69, 9.17) is 0 Å². The van der Waals surface area contributed by atoms with E-state index >= 15 is 0 Å². The van der Waals surface area contributed by atoms with Gasteiger partial charge >= 0.3 is 0 Å². The van der Waals surface area contributed by atoms with Crippen molar-refractivity contribution < 1.29 is 4.57 Å². The average Bonchev–Trinajstić information content (AvgIpc) is 2.21. The standard InChI is InChI=1S/C7H8.C6H8N/c2*1-7-5-3-2-4-6-7/h2*2-6H,1H3/q;+1. The van der Waals surface area contributed by atoms with Gasteiger partial charge in [0.25, 0.3) is 0 Å². The third kappa shape index (κ3) is 4.41. The number of aromatic nitrogens is 1. The van der Waals surface area contributed by atoms with Crippen LogP contribution in [0.1, 0.15) is 5.56 Å². The summed E-state index contributed by atoms with van der Waals surface area (Å²) < 4.78 is 2.00. The van der Waals surface area contributed by atoms with Gasteiger partial charge in [-0.2, -0.15) is 0 Å². The number of aryl methyl sites for hydroxylation is 2. The van der Waals surface area contributed by atoms with E-state index < -0.39 is 0 Å². The van der Waals surface area contributed by atoms with Crippen LogP contribution < -0.4 is 4.57 Å². The Balaban J connectivity index is 0.000000140. The lowest BCUT2D eigenvalue weighted by molar-refractivity contribution is -0.671. The van der Waals surface area contributed by atoms with Crippen LogP contribution in [0.3, 0.4) is 0 Å². The van der Waals surface area contributed by atoms with Crippen LogP contribution in [0.15, 0.2) is 60.9 Å². The van der Waals surface area contributed by atoms with E-state index in [1.807, 2.05) is 60.4 Å². The minimum Gasteiger partial charge on any atom is -0.208 e. The predicted molar refractivity (Wildman–Crippen MR) is 58.8 cm³/mol. The van der Waals surface area contributed by atoms with Crippen LogP contribution in [-0.2, 0) is 7.05 Å². The Morgan fingerprint density at radius 2 is 1.29 bits per heavy atom. The van der Waals surface area contributed by atoms with E-state index in [0.717, 1.165) is 0 Å². The van der Waals surface area contributed by atoms with Gasteiger partial charge < -0.3 is 0 Å². The maximum Gasteiger partial charge on any atom is 0.168 e. The minimum absolute atomic E-state index is 1.32.